The van der Waals surface area contributed by atoms with Crippen LogP contribution in [0.15, 0.2) is 35.7 Å². The van der Waals surface area contributed by atoms with E-state index in [9.17, 15) is 0 Å². The van der Waals surface area contributed by atoms with Gasteiger partial charge < -0.3 is 14.8 Å². The average molecular weight is 414 g/mol. The highest BCUT2D eigenvalue weighted by Crippen LogP contribution is 2.38. The molecule has 0 bridgehead atoms. The normalized spacial score (nSPS) is 12.9. The van der Waals surface area contributed by atoms with E-state index >= 15 is 0 Å². The third-order valence-corrected chi connectivity index (χ3v) is 5.15. The van der Waals surface area contributed by atoms with Crippen molar-refractivity contribution in [3.05, 3.63) is 50.8 Å². The summed E-state index contributed by atoms with van der Waals surface area (Å²) in [7, 11) is 0. The van der Waals surface area contributed by atoms with Crippen molar-refractivity contribution in [2.75, 3.05) is 18.5 Å². The van der Waals surface area contributed by atoms with E-state index in [2.05, 4.69) is 10.3 Å². The number of aromatic nitrogens is 1. The van der Waals surface area contributed by atoms with Gasteiger partial charge in [-0.2, -0.15) is 0 Å². The van der Waals surface area contributed by atoms with Crippen LogP contribution in [0.2, 0.25) is 15.1 Å². The minimum atomic E-state index is 0.438. The van der Waals surface area contributed by atoms with Crippen molar-refractivity contribution in [1.82, 2.24) is 4.98 Å². The molecule has 0 aliphatic carbocycles. The van der Waals surface area contributed by atoms with Gasteiger partial charge in [-0.05, 0) is 30.3 Å². The molecular formula is C17H11Cl3N2O2S. The zero-order valence-electron chi connectivity index (χ0n) is 12.7. The Morgan fingerprint density at radius 3 is 2.44 bits per heavy atom. The van der Waals surface area contributed by atoms with Gasteiger partial charge in [-0.1, -0.05) is 34.8 Å². The van der Waals surface area contributed by atoms with E-state index in [1.807, 2.05) is 23.6 Å². The van der Waals surface area contributed by atoms with Crippen LogP contribution in [0.25, 0.3) is 11.3 Å². The number of hydrogen-bond donors (Lipinski definition) is 1. The molecule has 25 heavy (non-hydrogen) atoms. The Hall–Kier alpha value is -1.66. The second-order valence-corrected chi connectivity index (χ2v) is 7.37. The minimum absolute atomic E-state index is 0.438. The molecule has 4 rings (SSSR count). The summed E-state index contributed by atoms with van der Waals surface area (Å²) >= 11 is 19.8. The van der Waals surface area contributed by atoms with Gasteiger partial charge in [-0.15, -0.1) is 11.3 Å². The molecule has 128 valence electrons. The molecule has 4 nitrogen and oxygen atoms in total. The summed E-state index contributed by atoms with van der Waals surface area (Å²) in [4.78, 5) is 4.59. The Labute approximate surface area is 163 Å². The van der Waals surface area contributed by atoms with Gasteiger partial charge in [0.05, 0.1) is 21.4 Å². The highest BCUT2D eigenvalue weighted by Gasteiger charge is 2.15. The van der Waals surface area contributed by atoms with Gasteiger partial charge in [0.15, 0.2) is 16.6 Å². The molecule has 0 unspecified atom stereocenters. The molecule has 0 spiro atoms. The lowest BCUT2D eigenvalue weighted by atomic mass is 10.1. The summed E-state index contributed by atoms with van der Waals surface area (Å²) in [5.74, 6) is 1.48. The Morgan fingerprint density at radius 1 is 0.960 bits per heavy atom. The standard InChI is InChI=1S/C17H11Cl3N2O2S/c18-10-6-11(19)16(12(20)7-10)22-17-21-13(8-25-17)9-1-2-14-15(5-9)24-4-3-23-14/h1-2,5-8H,3-4H2,(H,21,22). The number of benzene rings is 2. The Morgan fingerprint density at radius 2 is 1.68 bits per heavy atom. The number of anilines is 2. The topological polar surface area (TPSA) is 43.4 Å². The first kappa shape index (κ1) is 16.8. The van der Waals surface area contributed by atoms with Gasteiger partial charge >= 0.3 is 0 Å². The zero-order chi connectivity index (χ0) is 17.4. The zero-order valence-corrected chi connectivity index (χ0v) is 15.8. The highest BCUT2D eigenvalue weighted by atomic mass is 35.5. The van der Waals surface area contributed by atoms with E-state index in [0.717, 1.165) is 22.8 Å². The smallest absolute Gasteiger partial charge is 0.187 e. The molecular weight excluding hydrogens is 403 g/mol. The fourth-order valence-electron chi connectivity index (χ4n) is 2.43. The molecule has 2 heterocycles. The van der Waals surface area contributed by atoms with Crippen molar-refractivity contribution < 1.29 is 9.47 Å². The van der Waals surface area contributed by atoms with Crippen LogP contribution in [0, 0.1) is 0 Å². The second-order valence-electron chi connectivity index (χ2n) is 5.27. The molecule has 1 aliphatic rings. The van der Waals surface area contributed by atoms with Crippen molar-refractivity contribution >= 4 is 57.0 Å². The molecule has 0 fully saturated rings. The maximum Gasteiger partial charge on any atom is 0.187 e. The SMILES string of the molecule is Clc1cc(Cl)c(Nc2nc(-c3ccc4c(c3)OCCO4)cs2)c(Cl)c1. The van der Waals surface area contributed by atoms with E-state index in [1.54, 1.807) is 12.1 Å². The molecule has 0 saturated heterocycles. The fraction of sp³-hybridized carbons (Fsp3) is 0.118. The molecule has 0 atom stereocenters. The Balaban J connectivity index is 1.61. The Kier molecular flexibility index (Phi) is 4.65. The quantitative estimate of drug-likeness (QED) is 0.548. The molecule has 0 saturated carbocycles. The molecule has 3 aromatic rings. The van der Waals surface area contributed by atoms with Crippen LogP contribution >= 0.6 is 46.1 Å². The number of thiazole rings is 1. The van der Waals surface area contributed by atoms with Gasteiger partial charge in [0.2, 0.25) is 0 Å². The summed E-state index contributed by atoms with van der Waals surface area (Å²) in [6.07, 6.45) is 0. The minimum Gasteiger partial charge on any atom is -0.486 e. The van der Waals surface area contributed by atoms with Gasteiger partial charge in [0.1, 0.15) is 13.2 Å². The number of nitrogens with zero attached hydrogens (tertiary/aromatic N) is 1. The monoisotopic (exact) mass is 412 g/mol. The molecule has 8 heteroatoms. The summed E-state index contributed by atoms with van der Waals surface area (Å²) < 4.78 is 11.2. The summed E-state index contributed by atoms with van der Waals surface area (Å²) in [6.45, 7) is 1.12. The first-order chi connectivity index (χ1) is 12.1. The van der Waals surface area contributed by atoms with Crippen molar-refractivity contribution in [2.24, 2.45) is 0 Å². The fourth-order valence-corrected chi connectivity index (χ4v) is 4.07. The van der Waals surface area contributed by atoms with Crippen LogP contribution in [-0.4, -0.2) is 18.2 Å². The van der Waals surface area contributed by atoms with Crippen molar-refractivity contribution in [1.29, 1.82) is 0 Å². The van der Waals surface area contributed by atoms with Crippen molar-refractivity contribution in [3.63, 3.8) is 0 Å². The number of fused-ring (bicyclic) bond motifs is 1. The number of rotatable bonds is 3. The van der Waals surface area contributed by atoms with Crippen LogP contribution in [0.1, 0.15) is 0 Å². The van der Waals surface area contributed by atoms with Crippen LogP contribution in [0.5, 0.6) is 11.5 Å². The van der Waals surface area contributed by atoms with Gasteiger partial charge in [-0.25, -0.2) is 4.98 Å². The number of halogens is 3. The van der Waals surface area contributed by atoms with Gasteiger partial charge in [-0.3, -0.25) is 0 Å². The van der Waals surface area contributed by atoms with E-state index in [0.29, 0.717) is 39.1 Å². The third kappa shape index (κ3) is 3.51. The van der Waals surface area contributed by atoms with Crippen LogP contribution in [0.3, 0.4) is 0 Å². The summed E-state index contributed by atoms with van der Waals surface area (Å²) in [6, 6.07) is 9.03. The van der Waals surface area contributed by atoms with Gasteiger partial charge in [0, 0.05) is 16.0 Å². The molecule has 0 amide bonds. The Bertz CT molecular complexity index is 922. The van der Waals surface area contributed by atoms with E-state index < -0.39 is 0 Å². The molecule has 0 radical (unpaired) electrons. The lowest BCUT2D eigenvalue weighted by Gasteiger charge is -2.18. The van der Waals surface area contributed by atoms with Crippen molar-refractivity contribution in [3.8, 4) is 22.8 Å². The number of nitrogens with one attached hydrogen (secondary N) is 1. The van der Waals surface area contributed by atoms with Crippen LogP contribution < -0.4 is 14.8 Å². The van der Waals surface area contributed by atoms with Crippen molar-refractivity contribution in [2.45, 2.75) is 0 Å². The average Bonchev–Trinajstić information content (AvgIpc) is 3.06. The second kappa shape index (κ2) is 6.92. The van der Waals surface area contributed by atoms with E-state index in [-0.39, 0.29) is 0 Å². The van der Waals surface area contributed by atoms with Gasteiger partial charge in [0.25, 0.3) is 0 Å². The maximum atomic E-state index is 6.20. The highest BCUT2D eigenvalue weighted by molar-refractivity contribution is 7.14. The number of hydrogen-bond acceptors (Lipinski definition) is 5. The maximum absolute atomic E-state index is 6.20. The van der Waals surface area contributed by atoms with E-state index in [1.165, 1.54) is 11.3 Å². The lowest BCUT2D eigenvalue weighted by molar-refractivity contribution is 0.171. The third-order valence-electron chi connectivity index (χ3n) is 3.58. The first-order valence-corrected chi connectivity index (χ1v) is 9.38. The number of ether oxygens (including phenoxy) is 2. The predicted octanol–water partition coefficient (Wildman–Crippen LogP) is 6.29. The van der Waals surface area contributed by atoms with Crippen LogP contribution in [-0.2, 0) is 0 Å². The predicted molar refractivity (Wildman–Crippen MR) is 103 cm³/mol. The molecule has 1 aromatic heterocycles. The summed E-state index contributed by atoms with van der Waals surface area (Å²) in [5.41, 5.74) is 2.35. The largest absolute Gasteiger partial charge is 0.486 e. The van der Waals surface area contributed by atoms with Crippen LogP contribution in [0.4, 0.5) is 10.8 Å². The molecule has 1 N–H and O–H groups in total. The molecule has 2 aromatic carbocycles. The summed E-state index contributed by atoms with van der Waals surface area (Å²) in [5, 5.41) is 7.14. The van der Waals surface area contributed by atoms with E-state index in [4.69, 9.17) is 44.3 Å². The first-order valence-electron chi connectivity index (χ1n) is 7.37. The lowest BCUT2D eigenvalue weighted by Crippen LogP contribution is -2.15. The molecule has 1 aliphatic heterocycles.